The number of nitrogens with zero attached hydrogens (tertiary/aromatic N) is 1. The maximum atomic E-state index is 12.2. The zero-order valence-corrected chi connectivity index (χ0v) is 16.0. The minimum absolute atomic E-state index is 0.243. The Balaban J connectivity index is 1.63. The van der Waals surface area contributed by atoms with Gasteiger partial charge in [-0.25, -0.2) is 5.43 Å². The molecule has 0 radical (unpaired) electrons. The number of carbonyl (C=O) groups excluding carboxylic acids is 1. The molecule has 138 valence electrons. The maximum absolute atomic E-state index is 12.2. The van der Waals surface area contributed by atoms with Gasteiger partial charge in [0.15, 0.2) is 11.5 Å². The second-order valence-corrected chi connectivity index (χ2v) is 6.82. The molecule has 1 heterocycles. The molecule has 0 atom stereocenters. The lowest BCUT2D eigenvalue weighted by Crippen LogP contribution is -2.18. The van der Waals surface area contributed by atoms with E-state index in [2.05, 4.69) is 10.5 Å². The first-order chi connectivity index (χ1) is 13.2. The molecule has 0 spiro atoms. The SMILES string of the molecule is COc1cc(/C=N\NC(=O)c2ccccc2C)ccc1OCc1cccs1. The molecule has 1 amide bonds. The van der Waals surface area contributed by atoms with Gasteiger partial charge in [-0.15, -0.1) is 11.3 Å². The molecule has 0 bridgehead atoms. The van der Waals surface area contributed by atoms with Crippen molar-refractivity contribution >= 4 is 23.5 Å². The van der Waals surface area contributed by atoms with Crippen molar-refractivity contribution in [3.05, 3.63) is 81.5 Å². The Hall–Kier alpha value is -3.12. The topological polar surface area (TPSA) is 59.9 Å². The van der Waals surface area contributed by atoms with Crippen molar-refractivity contribution < 1.29 is 14.3 Å². The van der Waals surface area contributed by atoms with Crippen molar-refractivity contribution in [1.82, 2.24) is 5.43 Å². The summed E-state index contributed by atoms with van der Waals surface area (Å²) in [6.07, 6.45) is 1.57. The Kier molecular flexibility index (Phi) is 6.22. The van der Waals surface area contributed by atoms with Crippen molar-refractivity contribution in [3.8, 4) is 11.5 Å². The van der Waals surface area contributed by atoms with E-state index in [9.17, 15) is 4.79 Å². The number of hydrogen-bond acceptors (Lipinski definition) is 5. The van der Waals surface area contributed by atoms with Crippen LogP contribution < -0.4 is 14.9 Å². The fraction of sp³-hybridized carbons (Fsp3) is 0.143. The van der Waals surface area contributed by atoms with Crippen LogP contribution in [0.25, 0.3) is 0 Å². The van der Waals surface area contributed by atoms with Gasteiger partial charge in [-0.2, -0.15) is 5.10 Å². The number of aryl methyl sites for hydroxylation is 1. The zero-order chi connectivity index (χ0) is 19.1. The maximum Gasteiger partial charge on any atom is 0.271 e. The summed E-state index contributed by atoms with van der Waals surface area (Å²) in [6.45, 7) is 2.38. The summed E-state index contributed by atoms with van der Waals surface area (Å²) < 4.78 is 11.2. The number of carbonyl (C=O) groups is 1. The van der Waals surface area contributed by atoms with Crippen LogP contribution >= 0.6 is 11.3 Å². The van der Waals surface area contributed by atoms with E-state index in [0.717, 1.165) is 16.0 Å². The highest BCUT2D eigenvalue weighted by molar-refractivity contribution is 7.09. The quantitative estimate of drug-likeness (QED) is 0.488. The molecule has 0 saturated heterocycles. The van der Waals surface area contributed by atoms with Crippen LogP contribution in [0.4, 0.5) is 0 Å². The average Bonchev–Trinajstić information content (AvgIpc) is 3.20. The molecule has 0 unspecified atom stereocenters. The summed E-state index contributed by atoms with van der Waals surface area (Å²) in [4.78, 5) is 13.3. The first-order valence-electron chi connectivity index (χ1n) is 8.39. The van der Waals surface area contributed by atoms with Gasteiger partial charge in [0.25, 0.3) is 5.91 Å². The predicted molar refractivity (Wildman–Crippen MR) is 108 cm³/mol. The normalized spacial score (nSPS) is 10.7. The molecule has 0 aliphatic rings. The second kappa shape index (κ2) is 9.00. The van der Waals surface area contributed by atoms with Crippen molar-refractivity contribution in [2.24, 2.45) is 5.10 Å². The lowest BCUT2D eigenvalue weighted by molar-refractivity contribution is 0.0954. The number of benzene rings is 2. The summed E-state index contributed by atoms with van der Waals surface area (Å²) in [5, 5.41) is 6.05. The third-order valence-electron chi connectivity index (χ3n) is 3.91. The van der Waals surface area contributed by atoms with Gasteiger partial charge in [-0.05, 0) is 53.8 Å². The molecule has 1 aromatic heterocycles. The van der Waals surface area contributed by atoms with Gasteiger partial charge in [0, 0.05) is 10.4 Å². The molecule has 0 aliphatic carbocycles. The summed E-state index contributed by atoms with van der Waals surface area (Å²) in [7, 11) is 1.59. The zero-order valence-electron chi connectivity index (χ0n) is 15.1. The Morgan fingerprint density at radius 2 is 2.00 bits per heavy atom. The molecule has 6 heteroatoms. The van der Waals surface area contributed by atoms with E-state index >= 15 is 0 Å². The molecule has 0 saturated carbocycles. The van der Waals surface area contributed by atoms with E-state index in [4.69, 9.17) is 9.47 Å². The smallest absolute Gasteiger partial charge is 0.271 e. The van der Waals surface area contributed by atoms with E-state index in [1.165, 1.54) is 0 Å². The van der Waals surface area contributed by atoms with Gasteiger partial charge in [0.05, 0.1) is 13.3 Å². The van der Waals surface area contributed by atoms with Gasteiger partial charge in [0.2, 0.25) is 0 Å². The van der Waals surface area contributed by atoms with E-state index in [-0.39, 0.29) is 5.91 Å². The van der Waals surface area contributed by atoms with Crippen LogP contribution in [-0.4, -0.2) is 19.2 Å². The molecule has 27 heavy (non-hydrogen) atoms. The number of hydrazone groups is 1. The van der Waals surface area contributed by atoms with Crippen LogP contribution in [0.3, 0.4) is 0 Å². The molecule has 0 aliphatic heterocycles. The third-order valence-corrected chi connectivity index (χ3v) is 4.76. The highest BCUT2D eigenvalue weighted by Crippen LogP contribution is 2.28. The lowest BCUT2D eigenvalue weighted by atomic mass is 10.1. The first-order valence-corrected chi connectivity index (χ1v) is 9.27. The molecule has 3 aromatic rings. The Morgan fingerprint density at radius 3 is 2.74 bits per heavy atom. The van der Waals surface area contributed by atoms with Crippen molar-refractivity contribution in [2.75, 3.05) is 7.11 Å². The molecule has 0 fully saturated rings. The predicted octanol–water partition coefficient (Wildman–Crippen LogP) is 4.41. The lowest BCUT2D eigenvalue weighted by Gasteiger charge is -2.10. The van der Waals surface area contributed by atoms with Crippen molar-refractivity contribution in [2.45, 2.75) is 13.5 Å². The monoisotopic (exact) mass is 380 g/mol. The van der Waals surface area contributed by atoms with Crippen LogP contribution in [-0.2, 0) is 6.61 Å². The average molecular weight is 380 g/mol. The van der Waals surface area contributed by atoms with Crippen molar-refractivity contribution in [3.63, 3.8) is 0 Å². The molecule has 3 rings (SSSR count). The molecule has 1 N–H and O–H groups in total. The van der Waals surface area contributed by atoms with Gasteiger partial charge in [0.1, 0.15) is 6.61 Å². The Bertz CT molecular complexity index is 936. The largest absolute Gasteiger partial charge is 0.493 e. The second-order valence-electron chi connectivity index (χ2n) is 5.79. The van der Waals surface area contributed by atoms with Crippen LogP contribution in [0.15, 0.2) is 65.1 Å². The van der Waals surface area contributed by atoms with Crippen molar-refractivity contribution in [1.29, 1.82) is 0 Å². The fourth-order valence-corrected chi connectivity index (χ4v) is 3.10. The molecule has 5 nitrogen and oxygen atoms in total. The van der Waals surface area contributed by atoms with E-state index in [1.807, 2.05) is 60.8 Å². The minimum atomic E-state index is -0.243. The van der Waals surface area contributed by atoms with Gasteiger partial charge in [-0.1, -0.05) is 24.3 Å². The summed E-state index contributed by atoms with van der Waals surface area (Å²) in [5.41, 5.74) is 4.84. The molecular formula is C21H20N2O3S. The van der Waals surface area contributed by atoms with Crippen LogP contribution in [0.1, 0.15) is 26.4 Å². The number of ether oxygens (including phenoxy) is 2. The molecular weight excluding hydrogens is 360 g/mol. The third kappa shape index (κ3) is 4.95. The summed E-state index contributed by atoms with van der Waals surface area (Å²) in [6, 6.07) is 16.9. The number of methoxy groups -OCH3 is 1. The van der Waals surface area contributed by atoms with Gasteiger partial charge < -0.3 is 9.47 Å². The standard InChI is InChI=1S/C21H20N2O3S/c1-15-6-3-4-8-18(15)21(24)23-22-13-16-9-10-19(20(12-16)25-2)26-14-17-7-5-11-27-17/h3-13H,14H2,1-2H3,(H,23,24)/b22-13-. The highest BCUT2D eigenvalue weighted by Gasteiger charge is 2.08. The minimum Gasteiger partial charge on any atom is -0.493 e. The molecule has 2 aromatic carbocycles. The van der Waals surface area contributed by atoms with Crippen LogP contribution in [0.5, 0.6) is 11.5 Å². The fourth-order valence-electron chi connectivity index (χ4n) is 2.48. The number of amides is 1. The van der Waals surface area contributed by atoms with E-state index in [1.54, 1.807) is 30.7 Å². The van der Waals surface area contributed by atoms with E-state index < -0.39 is 0 Å². The van der Waals surface area contributed by atoms with Crippen LogP contribution in [0.2, 0.25) is 0 Å². The number of nitrogens with one attached hydrogen (secondary N) is 1. The number of rotatable bonds is 7. The van der Waals surface area contributed by atoms with E-state index in [0.29, 0.717) is 23.7 Å². The number of thiophene rings is 1. The highest BCUT2D eigenvalue weighted by atomic mass is 32.1. The Morgan fingerprint density at radius 1 is 1.15 bits per heavy atom. The number of hydrogen-bond donors (Lipinski definition) is 1. The van der Waals surface area contributed by atoms with Gasteiger partial charge >= 0.3 is 0 Å². The van der Waals surface area contributed by atoms with Gasteiger partial charge in [-0.3, -0.25) is 4.79 Å². The van der Waals surface area contributed by atoms with Crippen LogP contribution in [0, 0.1) is 6.92 Å². The Labute approximate surface area is 162 Å². The summed E-state index contributed by atoms with van der Waals surface area (Å²) >= 11 is 1.64. The summed E-state index contributed by atoms with van der Waals surface area (Å²) in [5.74, 6) is 1.03. The first kappa shape index (κ1) is 18.7.